The van der Waals surface area contributed by atoms with Gasteiger partial charge in [0.2, 0.25) is 0 Å². The quantitative estimate of drug-likeness (QED) is 0.527. The fraction of sp³-hybridized carbons (Fsp3) is 0.231. The minimum Gasteiger partial charge on any atom is -0.0943 e. The summed E-state index contributed by atoms with van der Waals surface area (Å²) in [6.07, 6.45) is 16.2. The molecule has 0 bridgehead atoms. The van der Waals surface area contributed by atoms with Crippen LogP contribution >= 0.6 is 0 Å². The summed E-state index contributed by atoms with van der Waals surface area (Å²) in [7, 11) is 0. The van der Waals surface area contributed by atoms with E-state index < -0.39 is 0 Å². The summed E-state index contributed by atoms with van der Waals surface area (Å²) in [6, 6.07) is 0. The molecule has 64 valence electrons. The van der Waals surface area contributed by atoms with Gasteiger partial charge in [0.05, 0.1) is 0 Å². The van der Waals surface area contributed by atoms with E-state index in [1.807, 2.05) is 6.08 Å². The molecule has 0 heterocycles. The van der Waals surface area contributed by atoms with Gasteiger partial charge in [-0.1, -0.05) is 36.1 Å². The molecule has 0 saturated carbocycles. The van der Waals surface area contributed by atoms with E-state index in [0.717, 1.165) is 12.8 Å². The molecule has 0 spiro atoms. The first kappa shape index (κ1) is 8.13. The molecule has 0 amide bonds. The highest BCUT2D eigenvalue weighted by Gasteiger charge is 2.01. The molecule has 0 fully saturated rings. The fourth-order valence-corrected chi connectivity index (χ4v) is 1.52. The van der Waals surface area contributed by atoms with Crippen LogP contribution < -0.4 is 0 Å². The molecule has 2 aliphatic rings. The molecule has 0 nitrogen and oxygen atoms in total. The average molecular weight is 168 g/mol. The lowest BCUT2D eigenvalue weighted by atomic mass is 9.99. The van der Waals surface area contributed by atoms with Crippen molar-refractivity contribution in [2.24, 2.45) is 0 Å². The van der Waals surface area contributed by atoms with Gasteiger partial charge in [0.25, 0.3) is 0 Å². The molecule has 2 aliphatic carbocycles. The summed E-state index contributed by atoms with van der Waals surface area (Å²) in [5.41, 5.74) is 2.64. The average Bonchev–Trinajstić information content (AvgIpc) is 2.47. The van der Waals surface area contributed by atoms with Gasteiger partial charge in [-0.3, -0.25) is 0 Å². The van der Waals surface area contributed by atoms with Gasteiger partial charge in [-0.25, -0.2) is 0 Å². The molecule has 0 atom stereocenters. The standard InChI is InChI=1S/C13H12/c1-2-5-9-12(8-4-1)13-10-6-3-7-11-13/h4,6,8-11H,3,5,7H2. The minimum atomic E-state index is 0.869. The summed E-state index contributed by atoms with van der Waals surface area (Å²) >= 11 is 0. The van der Waals surface area contributed by atoms with Crippen molar-refractivity contribution in [1.82, 2.24) is 0 Å². The molecule has 0 aromatic carbocycles. The van der Waals surface area contributed by atoms with Gasteiger partial charge in [-0.05, 0) is 36.1 Å². The topological polar surface area (TPSA) is 0 Å². The molecular formula is C13H12. The number of hydrogen-bond donors (Lipinski definition) is 0. The van der Waals surface area contributed by atoms with Crippen LogP contribution in [0.5, 0.6) is 0 Å². The van der Waals surface area contributed by atoms with E-state index in [0.29, 0.717) is 0 Å². The lowest BCUT2D eigenvalue weighted by Crippen LogP contribution is -1.87. The summed E-state index contributed by atoms with van der Waals surface area (Å²) in [5, 5.41) is 0. The Morgan fingerprint density at radius 2 is 1.92 bits per heavy atom. The van der Waals surface area contributed by atoms with Gasteiger partial charge < -0.3 is 0 Å². The van der Waals surface area contributed by atoms with Crippen LogP contribution in [0.1, 0.15) is 19.3 Å². The van der Waals surface area contributed by atoms with E-state index in [-0.39, 0.29) is 0 Å². The first-order valence-corrected chi connectivity index (χ1v) is 4.69. The van der Waals surface area contributed by atoms with Crippen molar-refractivity contribution in [2.75, 3.05) is 0 Å². The molecule has 0 aliphatic heterocycles. The summed E-state index contributed by atoms with van der Waals surface area (Å²) in [4.78, 5) is 0. The van der Waals surface area contributed by atoms with Crippen molar-refractivity contribution < 1.29 is 0 Å². The van der Waals surface area contributed by atoms with Gasteiger partial charge in [-0.15, -0.1) is 0 Å². The van der Waals surface area contributed by atoms with Crippen molar-refractivity contribution >= 4 is 0 Å². The molecule has 0 unspecified atom stereocenters. The van der Waals surface area contributed by atoms with Crippen molar-refractivity contribution in [3.05, 3.63) is 47.6 Å². The van der Waals surface area contributed by atoms with Gasteiger partial charge >= 0.3 is 0 Å². The van der Waals surface area contributed by atoms with Gasteiger partial charge in [0.15, 0.2) is 0 Å². The lowest BCUT2D eigenvalue weighted by Gasteiger charge is -2.06. The Morgan fingerprint density at radius 1 is 1.00 bits per heavy atom. The molecule has 2 rings (SSSR count). The van der Waals surface area contributed by atoms with Crippen LogP contribution in [0.2, 0.25) is 0 Å². The van der Waals surface area contributed by atoms with E-state index in [1.165, 1.54) is 17.6 Å². The zero-order valence-electron chi connectivity index (χ0n) is 7.59. The van der Waals surface area contributed by atoms with Crippen LogP contribution in [0.4, 0.5) is 0 Å². The zero-order chi connectivity index (χ0) is 8.93. The van der Waals surface area contributed by atoms with Crippen LogP contribution in [0, 0.1) is 11.8 Å². The molecule has 0 N–H and O–H groups in total. The largest absolute Gasteiger partial charge is 0.0943 e. The number of allylic oxidation sites excluding steroid dienone is 8. The Bertz CT molecular complexity index is 365. The molecule has 13 heavy (non-hydrogen) atoms. The highest BCUT2D eigenvalue weighted by atomic mass is 14.1. The van der Waals surface area contributed by atoms with Crippen LogP contribution in [0.3, 0.4) is 0 Å². The Balaban J connectivity index is 2.21. The maximum absolute atomic E-state index is 3.05. The minimum absolute atomic E-state index is 0.869. The SMILES string of the molecule is C1#CCC=C(C2=CCCC=C2)C=C1. The maximum Gasteiger partial charge on any atom is 0.0282 e. The Morgan fingerprint density at radius 3 is 2.77 bits per heavy atom. The fourth-order valence-electron chi connectivity index (χ4n) is 1.52. The number of hydrogen-bond acceptors (Lipinski definition) is 0. The van der Waals surface area contributed by atoms with Crippen molar-refractivity contribution in [3.63, 3.8) is 0 Å². The predicted octanol–water partition coefficient (Wildman–Crippen LogP) is 3.15. The lowest BCUT2D eigenvalue weighted by molar-refractivity contribution is 1.02. The Kier molecular flexibility index (Phi) is 2.48. The third-order valence-electron chi connectivity index (χ3n) is 2.20. The summed E-state index contributed by atoms with van der Waals surface area (Å²) in [6.45, 7) is 0. The highest BCUT2D eigenvalue weighted by Crippen LogP contribution is 2.20. The third-order valence-corrected chi connectivity index (χ3v) is 2.20. The second kappa shape index (κ2) is 3.96. The first-order valence-electron chi connectivity index (χ1n) is 4.69. The van der Waals surface area contributed by atoms with Crippen LogP contribution in [0.15, 0.2) is 47.6 Å². The van der Waals surface area contributed by atoms with E-state index in [1.54, 1.807) is 0 Å². The normalized spacial score (nSPS) is 19.7. The zero-order valence-corrected chi connectivity index (χ0v) is 7.59. The molecule has 0 aromatic rings. The van der Waals surface area contributed by atoms with Crippen LogP contribution in [0.25, 0.3) is 0 Å². The summed E-state index contributed by atoms with van der Waals surface area (Å²) < 4.78 is 0. The van der Waals surface area contributed by atoms with E-state index in [9.17, 15) is 0 Å². The monoisotopic (exact) mass is 168 g/mol. The van der Waals surface area contributed by atoms with Crippen molar-refractivity contribution in [1.29, 1.82) is 0 Å². The van der Waals surface area contributed by atoms with Gasteiger partial charge in [0.1, 0.15) is 0 Å². The summed E-state index contributed by atoms with van der Waals surface area (Å²) in [5.74, 6) is 6.03. The van der Waals surface area contributed by atoms with Crippen LogP contribution in [-0.2, 0) is 0 Å². The Hall–Kier alpha value is -1.48. The van der Waals surface area contributed by atoms with Crippen molar-refractivity contribution in [2.45, 2.75) is 19.3 Å². The van der Waals surface area contributed by atoms with Gasteiger partial charge in [0, 0.05) is 6.42 Å². The second-order valence-corrected chi connectivity index (χ2v) is 3.16. The predicted molar refractivity (Wildman–Crippen MR) is 56.1 cm³/mol. The highest BCUT2D eigenvalue weighted by molar-refractivity contribution is 5.50. The van der Waals surface area contributed by atoms with E-state index in [2.05, 4.69) is 42.2 Å². The number of rotatable bonds is 1. The molecule has 0 aromatic heterocycles. The Labute approximate surface area is 79.3 Å². The van der Waals surface area contributed by atoms with Gasteiger partial charge in [-0.2, -0.15) is 0 Å². The smallest absolute Gasteiger partial charge is 0.0282 e. The van der Waals surface area contributed by atoms with E-state index in [4.69, 9.17) is 0 Å². The van der Waals surface area contributed by atoms with Crippen molar-refractivity contribution in [3.8, 4) is 11.8 Å². The van der Waals surface area contributed by atoms with Crippen LogP contribution in [-0.4, -0.2) is 0 Å². The third kappa shape index (κ3) is 2.00. The molecular weight excluding hydrogens is 156 g/mol. The molecule has 0 saturated heterocycles. The molecule has 0 radical (unpaired) electrons. The second-order valence-electron chi connectivity index (χ2n) is 3.16. The first-order chi connectivity index (χ1) is 6.47. The molecule has 0 heteroatoms. The van der Waals surface area contributed by atoms with E-state index >= 15 is 0 Å². The maximum atomic E-state index is 3.05.